The van der Waals surface area contributed by atoms with Crippen molar-refractivity contribution in [2.24, 2.45) is 0 Å². The number of benzene rings is 2. The maximum Gasteiger partial charge on any atom is 0.274 e. The van der Waals surface area contributed by atoms with Crippen LogP contribution in [-0.2, 0) is 6.42 Å². The van der Waals surface area contributed by atoms with Gasteiger partial charge in [0.15, 0.2) is 11.6 Å². The van der Waals surface area contributed by atoms with Gasteiger partial charge >= 0.3 is 0 Å². The van der Waals surface area contributed by atoms with Crippen LogP contribution in [0, 0.1) is 18.6 Å². The zero-order valence-electron chi connectivity index (χ0n) is 18.4. The number of amides is 1. The number of aryl methyl sites for hydroxylation is 1. The number of fused-ring (bicyclic) bond motifs is 4. The minimum absolute atomic E-state index is 0.162. The van der Waals surface area contributed by atoms with Gasteiger partial charge in [0.1, 0.15) is 11.3 Å². The Labute approximate surface area is 192 Å². The van der Waals surface area contributed by atoms with Crippen molar-refractivity contribution in [2.45, 2.75) is 44.6 Å². The fourth-order valence-corrected chi connectivity index (χ4v) is 5.42. The molecule has 6 rings (SSSR count). The molecule has 0 bridgehead atoms. The minimum atomic E-state index is -0.998. The predicted molar refractivity (Wildman–Crippen MR) is 122 cm³/mol. The van der Waals surface area contributed by atoms with E-state index in [1.807, 2.05) is 6.07 Å². The van der Waals surface area contributed by atoms with Crippen LogP contribution in [-0.4, -0.2) is 38.0 Å². The zero-order chi connectivity index (χ0) is 23.7. The van der Waals surface area contributed by atoms with E-state index in [2.05, 4.69) is 9.97 Å². The lowest BCUT2D eigenvalue weighted by Crippen LogP contribution is -2.29. The highest BCUT2D eigenvalue weighted by molar-refractivity contribution is 6.09. The van der Waals surface area contributed by atoms with Gasteiger partial charge in [-0.15, -0.1) is 0 Å². The molecule has 1 saturated carbocycles. The van der Waals surface area contributed by atoms with E-state index in [-0.39, 0.29) is 17.4 Å². The lowest BCUT2D eigenvalue weighted by molar-refractivity contribution is 0.0989. The van der Waals surface area contributed by atoms with E-state index >= 15 is 0 Å². The molecule has 174 valence electrons. The third-order valence-electron chi connectivity index (χ3n) is 7.16. The van der Waals surface area contributed by atoms with Crippen LogP contribution in [0.5, 0.6) is 0 Å². The van der Waals surface area contributed by atoms with E-state index in [1.165, 1.54) is 11.1 Å². The predicted octanol–water partition coefficient (Wildman–Crippen LogP) is 3.59. The van der Waals surface area contributed by atoms with Crippen LogP contribution in [0.15, 0.2) is 35.3 Å². The molecule has 34 heavy (non-hydrogen) atoms. The van der Waals surface area contributed by atoms with Gasteiger partial charge in [0.2, 0.25) is 0 Å². The van der Waals surface area contributed by atoms with Crippen molar-refractivity contribution in [1.29, 1.82) is 0 Å². The summed E-state index contributed by atoms with van der Waals surface area (Å²) in [5.41, 5.74) is 3.17. The summed E-state index contributed by atoms with van der Waals surface area (Å²) in [6.45, 7) is 2.11. The second-order valence-corrected chi connectivity index (χ2v) is 9.18. The Hall–Kier alpha value is -3.59. The number of nitrogens with one attached hydrogen (secondary N) is 1. The van der Waals surface area contributed by atoms with Gasteiger partial charge in [-0.3, -0.25) is 14.0 Å². The van der Waals surface area contributed by atoms with Gasteiger partial charge in [-0.25, -0.2) is 13.8 Å². The molecule has 2 aromatic carbocycles. The number of nitrogens with zero attached hydrogens (tertiary/aromatic N) is 3. The van der Waals surface area contributed by atoms with Gasteiger partial charge in [-0.1, -0.05) is 6.42 Å². The van der Waals surface area contributed by atoms with Crippen LogP contribution in [0.4, 0.5) is 14.5 Å². The summed E-state index contributed by atoms with van der Waals surface area (Å²) in [5, 5.41) is 10.4. The van der Waals surface area contributed by atoms with E-state index in [4.69, 9.17) is 0 Å². The molecule has 1 aliphatic heterocycles. The summed E-state index contributed by atoms with van der Waals surface area (Å²) in [4.78, 5) is 35.0. The first kappa shape index (κ1) is 21.0. The monoisotopic (exact) mass is 464 g/mol. The van der Waals surface area contributed by atoms with Crippen LogP contribution in [0.25, 0.3) is 16.6 Å². The standard InChI is InChI=1S/C25H22F2N4O3/c1-12-7-20-18(29-24(33)21-11-28-23(31(20)21)14-3-2-4-22(14)32)9-15(12)25(34)30-6-5-13-8-16(26)17(27)10-19(13)30/h7-11,14,22,32H,2-6H2,1H3,(H,29,33)/t14-,22+/m0/s1. The first-order chi connectivity index (χ1) is 16.3. The van der Waals surface area contributed by atoms with Crippen molar-refractivity contribution in [1.82, 2.24) is 14.4 Å². The van der Waals surface area contributed by atoms with Crippen molar-refractivity contribution >= 4 is 28.1 Å². The summed E-state index contributed by atoms with van der Waals surface area (Å²) in [7, 11) is 0. The number of hydrogen-bond donors (Lipinski definition) is 2. The Bertz CT molecular complexity index is 1560. The normalized spacial score (nSPS) is 19.9. The van der Waals surface area contributed by atoms with Crippen molar-refractivity contribution in [3.63, 3.8) is 0 Å². The number of imidazole rings is 1. The summed E-state index contributed by atoms with van der Waals surface area (Å²) in [6.07, 6.45) is 3.81. The fourth-order valence-electron chi connectivity index (χ4n) is 5.42. The molecule has 2 aromatic heterocycles. The van der Waals surface area contributed by atoms with Crippen molar-refractivity contribution in [2.75, 3.05) is 11.4 Å². The molecule has 0 unspecified atom stereocenters. The Morgan fingerprint density at radius 1 is 1.15 bits per heavy atom. The Morgan fingerprint density at radius 2 is 1.94 bits per heavy atom. The second-order valence-electron chi connectivity index (χ2n) is 9.18. The number of aromatic amines is 1. The number of carbonyl (C=O) groups is 1. The van der Waals surface area contributed by atoms with Crippen molar-refractivity contribution in [3.8, 4) is 0 Å². The molecule has 7 nitrogen and oxygen atoms in total. The molecule has 0 spiro atoms. The Balaban J connectivity index is 1.49. The zero-order valence-corrected chi connectivity index (χ0v) is 18.4. The molecule has 4 aromatic rings. The molecule has 1 aliphatic carbocycles. The van der Waals surface area contributed by atoms with E-state index in [9.17, 15) is 23.5 Å². The van der Waals surface area contributed by atoms with Gasteiger partial charge in [-0.2, -0.15) is 0 Å². The van der Waals surface area contributed by atoms with Gasteiger partial charge in [0.25, 0.3) is 11.5 Å². The van der Waals surface area contributed by atoms with E-state index < -0.39 is 17.7 Å². The first-order valence-corrected chi connectivity index (χ1v) is 11.4. The number of hydrogen-bond acceptors (Lipinski definition) is 4. The van der Waals surface area contributed by atoms with Gasteiger partial charge in [-0.05, 0) is 55.5 Å². The molecule has 3 heterocycles. The number of H-pyrrole nitrogens is 1. The lowest BCUT2D eigenvalue weighted by Gasteiger charge is -2.20. The van der Waals surface area contributed by atoms with Crippen molar-refractivity contribution < 1.29 is 18.7 Å². The molecule has 0 saturated heterocycles. The maximum atomic E-state index is 13.9. The average molecular weight is 464 g/mol. The minimum Gasteiger partial charge on any atom is -0.392 e. The molecule has 1 fully saturated rings. The van der Waals surface area contributed by atoms with E-state index in [0.29, 0.717) is 64.1 Å². The summed E-state index contributed by atoms with van der Waals surface area (Å²) in [6, 6.07) is 5.64. The number of aliphatic hydroxyl groups excluding tert-OH is 1. The molecule has 2 atom stereocenters. The Morgan fingerprint density at radius 3 is 2.71 bits per heavy atom. The number of rotatable bonds is 2. The van der Waals surface area contributed by atoms with E-state index in [1.54, 1.807) is 17.4 Å². The van der Waals surface area contributed by atoms with Gasteiger partial charge in [0, 0.05) is 24.1 Å². The largest absolute Gasteiger partial charge is 0.392 e. The summed E-state index contributed by atoms with van der Waals surface area (Å²) in [5.74, 6) is -1.80. The number of carbonyl (C=O) groups excluding carboxylic acids is 1. The van der Waals surface area contributed by atoms with Crippen LogP contribution in [0.1, 0.15) is 52.5 Å². The molecular weight excluding hydrogens is 442 g/mol. The maximum absolute atomic E-state index is 13.9. The fraction of sp³-hybridized carbons (Fsp3) is 0.320. The SMILES string of the molecule is Cc1cc2c(cc1C(=O)N1CCc3cc(F)c(F)cc31)[nH]c(=O)c1cnc([C@H]3CCC[C@H]3O)n12. The van der Waals surface area contributed by atoms with Crippen LogP contribution < -0.4 is 10.5 Å². The highest BCUT2D eigenvalue weighted by Crippen LogP contribution is 2.36. The second kappa shape index (κ2) is 7.46. The third kappa shape index (κ3) is 3.00. The Kier molecular flexibility index (Phi) is 4.60. The molecular formula is C25H22F2N4O3. The summed E-state index contributed by atoms with van der Waals surface area (Å²) >= 11 is 0. The quantitative estimate of drug-likeness (QED) is 0.474. The van der Waals surface area contributed by atoms with Crippen molar-refractivity contribution in [3.05, 3.63) is 75.0 Å². The van der Waals surface area contributed by atoms with Crippen LogP contribution in [0.2, 0.25) is 0 Å². The highest BCUT2D eigenvalue weighted by Gasteiger charge is 2.32. The molecule has 9 heteroatoms. The first-order valence-electron chi connectivity index (χ1n) is 11.4. The average Bonchev–Trinajstić information content (AvgIpc) is 3.52. The number of aromatic nitrogens is 3. The molecule has 2 N–H and O–H groups in total. The van der Waals surface area contributed by atoms with Gasteiger partial charge in [0.05, 0.1) is 29.0 Å². The smallest absolute Gasteiger partial charge is 0.274 e. The van der Waals surface area contributed by atoms with Gasteiger partial charge < -0.3 is 15.0 Å². The molecule has 1 amide bonds. The van der Waals surface area contributed by atoms with E-state index in [0.717, 1.165) is 25.0 Å². The lowest BCUT2D eigenvalue weighted by atomic mass is 10.0. The number of aliphatic hydroxyl groups is 1. The third-order valence-corrected chi connectivity index (χ3v) is 7.16. The van der Waals surface area contributed by atoms with Crippen LogP contribution in [0.3, 0.4) is 0 Å². The number of halogens is 2. The summed E-state index contributed by atoms with van der Waals surface area (Å²) < 4.78 is 29.3. The highest BCUT2D eigenvalue weighted by atomic mass is 19.2. The van der Waals surface area contributed by atoms with Crippen LogP contribution >= 0.6 is 0 Å². The number of anilines is 1. The molecule has 0 radical (unpaired) electrons. The topological polar surface area (TPSA) is 90.7 Å². The molecule has 2 aliphatic rings.